The maximum Gasteiger partial charge on any atom is 0.257 e. The average Bonchev–Trinajstić information content (AvgIpc) is 2.78. The second-order valence-electron chi connectivity index (χ2n) is 6.84. The van der Waals surface area contributed by atoms with E-state index in [9.17, 15) is 4.79 Å². The molecule has 0 aliphatic carbocycles. The summed E-state index contributed by atoms with van der Waals surface area (Å²) in [7, 11) is 3.14. The highest BCUT2D eigenvalue weighted by atomic mass is 16.5. The number of carbonyl (C=O) groups is 1. The van der Waals surface area contributed by atoms with Gasteiger partial charge in [0.2, 0.25) is 0 Å². The molecule has 0 unspecified atom stereocenters. The van der Waals surface area contributed by atoms with E-state index in [0.717, 1.165) is 25.1 Å². The summed E-state index contributed by atoms with van der Waals surface area (Å²) < 4.78 is 10.5. The number of hydrogen-bond acceptors (Lipinski definition) is 5. The maximum absolute atomic E-state index is 12.8. The van der Waals surface area contributed by atoms with Crippen LogP contribution in [-0.2, 0) is 6.42 Å². The average molecular weight is 389 g/mol. The van der Waals surface area contributed by atoms with Gasteiger partial charge in [-0.1, -0.05) is 18.2 Å². The molecular formula is C23H23N3O3. The number of aromatic nitrogens is 1. The van der Waals surface area contributed by atoms with Crippen molar-refractivity contribution in [3.63, 3.8) is 0 Å². The first-order chi connectivity index (χ1) is 14.2. The second kappa shape index (κ2) is 8.22. The summed E-state index contributed by atoms with van der Waals surface area (Å²) >= 11 is 0. The highest BCUT2D eigenvalue weighted by Crippen LogP contribution is 2.33. The quantitative estimate of drug-likeness (QED) is 0.699. The lowest BCUT2D eigenvalue weighted by Gasteiger charge is -2.31. The molecule has 0 atom stereocenters. The van der Waals surface area contributed by atoms with Crippen LogP contribution in [0.2, 0.25) is 0 Å². The molecule has 6 heteroatoms. The van der Waals surface area contributed by atoms with Crippen LogP contribution < -0.4 is 19.7 Å². The van der Waals surface area contributed by atoms with Gasteiger partial charge in [-0.15, -0.1) is 0 Å². The van der Waals surface area contributed by atoms with Crippen molar-refractivity contribution in [3.8, 4) is 11.5 Å². The normalized spacial score (nSPS) is 12.8. The first kappa shape index (κ1) is 18.8. The zero-order valence-electron chi connectivity index (χ0n) is 16.5. The van der Waals surface area contributed by atoms with Crippen molar-refractivity contribution in [2.75, 3.05) is 31.0 Å². The summed E-state index contributed by atoms with van der Waals surface area (Å²) in [5, 5.41) is 2.90. The maximum atomic E-state index is 12.8. The number of nitrogens with zero attached hydrogens (tertiary/aromatic N) is 2. The van der Waals surface area contributed by atoms with Crippen molar-refractivity contribution in [1.82, 2.24) is 4.98 Å². The van der Waals surface area contributed by atoms with Gasteiger partial charge in [-0.3, -0.25) is 9.78 Å². The summed E-state index contributed by atoms with van der Waals surface area (Å²) in [5.41, 5.74) is 4.54. The zero-order valence-corrected chi connectivity index (χ0v) is 16.5. The van der Waals surface area contributed by atoms with Gasteiger partial charge in [0.25, 0.3) is 5.91 Å². The molecule has 2 heterocycles. The minimum Gasteiger partial charge on any atom is -0.493 e. The molecule has 6 nitrogen and oxygen atoms in total. The van der Waals surface area contributed by atoms with Gasteiger partial charge in [-0.25, -0.2) is 0 Å². The second-order valence-corrected chi connectivity index (χ2v) is 6.84. The number of ether oxygens (including phenoxy) is 2. The number of anilines is 3. The monoisotopic (exact) mass is 389 g/mol. The summed E-state index contributed by atoms with van der Waals surface area (Å²) in [6.07, 6.45) is 5.52. The van der Waals surface area contributed by atoms with Crippen LogP contribution in [0, 0.1) is 0 Å². The first-order valence-corrected chi connectivity index (χ1v) is 9.53. The lowest BCUT2D eigenvalue weighted by atomic mass is 10.0. The number of aryl methyl sites for hydroxylation is 1. The number of fused-ring (bicyclic) bond motifs is 1. The molecule has 0 fully saturated rings. The molecule has 4 rings (SSSR count). The Balaban J connectivity index is 1.57. The molecule has 1 aromatic heterocycles. The molecular weight excluding hydrogens is 366 g/mol. The van der Waals surface area contributed by atoms with Gasteiger partial charge in [0.15, 0.2) is 11.5 Å². The van der Waals surface area contributed by atoms with E-state index in [1.807, 2.05) is 12.1 Å². The third kappa shape index (κ3) is 3.87. The van der Waals surface area contributed by atoms with Gasteiger partial charge in [0.1, 0.15) is 0 Å². The molecule has 0 spiro atoms. The molecule has 29 heavy (non-hydrogen) atoms. The molecule has 0 radical (unpaired) electrons. The smallest absolute Gasteiger partial charge is 0.257 e. The fourth-order valence-corrected chi connectivity index (χ4v) is 3.62. The molecule has 2 aromatic carbocycles. The number of benzene rings is 2. The van der Waals surface area contributed by atoms with E-state index in [1.54, 1.807) is 44.8 Å². The Bertz CT molecular complexity index is 1040. The van der Waals surface area contributed by atoms with Crippen LogP contribution >= 0.6 is 0 Å². The van der Waals surface area contributed by atoms with Gasteiger partial charge in [0, 0.05) is 30.2 Å². The molecule has 0 saturated heterocycles. The van der Waals surface area contributed by atoms with Gasteiger partial charge in [-0.05, 0) is 42.7 Å². The highest BCUT2D eigenvalue weighted by Gasteiger charge is 2.19. The van der Waals surface area contributed by atoms with Crippen LogP contribution in [0.15, 0.2) is 60.9 Å². The Morgan fingerprint density at radius 1 is 1.03 bits per heavy atom. The predicted octanol–water partition coefficient (Wildman–Crippen LogP) is 4.44. The summed E-state index contributed by atoms with van der Waals surface area (Å²) in [5.74, 6) is 0.942. The van der Waals surface area contributed by atoms with Crippen molar-refractivity contribution < 1.29 is 14.3 Å². The van der Waals surface area contributed by atoms with E-state index >= 15 is 0 Å². The van der Waals surface area contributed by atoms with Crippen LogP contribution in [0.25, 0.3) is 0 Å². The van der Waals surface area contributed by atoms with Crippen molar-refractivity contribution in [2.45, 2.75) is 12.8 Å². The summed E-state index contributed by atoms with van der Waals surface area (Å²) in [4.78, 5) is 19.3. The number of nitrogens with one attached hydrogen (secondary N) is 1. The molecule has 1 aliphatic rings. The molecule has 1 amide bonds. The van der Waals surface area contributed by atoms with Gasteiger partial charge in [0.05, 0.1) is 31.7 Å². The molecule has 1 N–H and O–H groups in total. The Kier molecular flexibility index (Phi) is 5.33. The van der Waals surface area contributed by atoms with E-state index < -0.39 is 0 Å². The van der Waals surface area contributed by atoms with E-state index in [4.69, 9.17) is 9.47 Å². The number of amides is 1. The Morgan fingerprint density at radius 2 is 1.86 bits per heavy atom. The van der Waals surface area contributed by atoms with Crippen LogP contribution in [0.4, 0.5) is 17.1 Å². The van der Waals surface area contributed by atoms with E-state index in [2.05, 4.69) is 33.4 Å². The third-order valence-electron chi connectivity index (χ3n) is 5.05. The summed E-state index contributed by atoms with van der Waals surface area (Å²) in [6.45, 7) is 0.902. The summed E-state index contributed by atoms with van der Waals surface area (Å²) in [6, 6.07) is 15.5. The van der Waals surface area contributed by atoms with Crippen molar-refractivity contribution in [3.05, 3.63) is 72.1 Å². The van der Waals surface area contributed by atoms with Gasteiger partial charge < -0.3 is 19.7 Å². The number of methoxy groups -OCH3 is 2. The lowest BCUT2D eigenvalue weighted by molar-refractivity contribution is 0.102. The van der Waals surface area contributed by atoms with E-state index in [-0.39, 0.29) is 5.91 Å². The Labute approximate surface area is 170 Å². The number of carbonyl (C=O) groups excluding carboxylic acids is 1. The van der Waals surface area contributed by atoms with Crippen LogP contribution in [0.3, 0.4) is 0 Å². The number of hydrogen-bond donors (Lipinski definition) is 1. The van der Waals surface area contributed by atoms with Gasteiger partial charge in [-0.2, -0.15) is 0 Å². The largest absolute Gasteiger partial charge is 0.493 e. The number of para-hydroxylation sites is 1. The SMILES string of the molecule is COc1ccc(NC(=O)c2cncc(N3CCCc4ccccc43)c2)cc1OC. The van der Waals surface area contributed by atoms with Crippen molar-refractivity contribution in [1.29, 1.82) is 0 Å². The first-order valence-electron chi connectivity index (χ1n) is 9.53. The zero-order chi connectivity index (χ0) is 20.2. The molecule has 3 aromatic rings. The minimum absolute atomic E-state index is 0.225. The minimum atomic E-state index is -0.225. The lowest BCUT2D eigenvalue weighted by Crippen LogP contribution is -2.25. The van der Waals surface area contributed by atoms with Crippen molar-refractivity contribution in [2.24, 2.45) is 0 Å². The fraction of sp³-hybridized carbons (Fsp3) is 0.217. The van der Waals surface area contributed by atoms with Gasteiger partial charge >= 0.3 is 0 Å². The predicted molar refractivity (Wildman–Crippen MR) is 114 cm³/mol. The van der Waals surface area contributed by atoms with Crippen LogP contribution in [-0.4, -0.2) is 31.7 Å². The molecule has 0 saturated carbocycles. The molecule has 0 bridgehead atoms. The van der Waals surface area contributed by atoms with Crippen molar-refractivity contribution >= 4 is 23.0 Å². The standard InChI is InChI=1S/C23H23N3O3/c1-28-21-10-9-18(13-22(21)29-2)25-23(27)17-12-19(15-24-14-17)26-11-5-7-16-6-3-4-8-20(16)26/h3-4,6,8-10,12-15H,5,7,11H2,1-2H3,(H,25,27). The Morgan fingerprint density at radius 3 is 2.69 bits per heavy atom. The Hall–Kier alpha value is -3.54. The van der Waals surface area contributed by atoms with Crippen LogP contribution in [0.5, 0.6) is 11.5 Å². The molecule has 148 valence electrons. The number of pyridine rings is 1. The fourth-order valence-electron chi connectivity index (χ4n) is 3.62. The third-order valence-corrected chi connectivity index (χ3v) is 5.05. The van der Waals surface area contributed by atoms with E-state index in [0.29, 0.717) is 22.7 Å². The topological polar surface area (TPSA) is 63.7 Å². The highest BCUT2D eigenvalue weighted by molar-refractivity contribution is 6.04. The van der Waals surface area contributed by atoms with Crippen LogP contribution in [0.1, 0.15) is 22.3 Å². The van der Waals surface area contributed by atoms with E-state index in [1.165, 1.54) is 11.3 Å². The molecule has 1 aliphatic heterocycles. The number of rotatable bonds is 5.